The molecular formula is C16H23NO4. The van der Waals surface area contributed by atoms with Crippen molar-refractivity contribution >= 4 is 11.9 Å². The minimum atomic E-state index is -0.354. The van der Waals surface area contributed by atoms with E-state index in [2.05, 4.69) is 11.7 Å². The number of hydrogen-bond donors (Lipinski definition) is 0. The SMILES string of the molecule is CCc1cccc(OCC(=O)N(C)CC(C)C(=O)OC)c1. The van der Waals surface area contributed by atoms with Crippen molar-refractivity contribution in [3.8, 4) is 5.75 Å². The van der Waals surface area contributed by atoms with Gasteiger partial charge in [0.15, 0.2) is 6.61 Å². The first-order chi connectivity index (χ1) is 9.97. The number of nitrogens with zero attached hydrogens (tertiary/aromatic N) is 1. The summed E-state index contributed by atoms with van der Waals surface area (Å²) in [6.45, 7) is 4.05. The zero-order valence-corrected chi connectivity index (χ0v) is 13.1. The lowest BCUT2D eigenvalue weighted by Gasteiger charge is -2.20. The van der Waals surface area contributed by atoms with E-state index < -0.39 is 0 Å². The molecule has 0 aliphatic rings. The third-order valence-electron chi connectivity index (χ3n) is 3.25. The van der Waals surface area contributed by atoms with Crippen molar-refractivity contribution < 1.29 is 19.1 Å². The van der Waals surface area contributed by atoms with Crippen LogP contribution in [0.15, 0.2) is 24.3 Å². The Balaban J connectivity index is 2.47. The quantitative estimate of drug-likeness (QED) is 0.720. The van der Waals surface area contributed by atoms with Crippen molar-refractivity contribution in [2.75, 3.05) is 27.3 Å². The maximum atomic E-state index is 12.0. The predicted molar refractivity (Wildman–Crippen MR) is 80.1 cm³/mol. The zero-order valence-electron chi connectivity index (χ0n) is 13.1. The van der Waals surface area contributed by atoms with Gasteiger partial charge in [0.05, 0.1) is 13.0 Å². The van der Waals surface area contributed by atoms with Gasteiger partial charge in [-0.2, -0.15) is 0 Å². The molecule has 5 nitrogen and oxygen atoms in total. The summed E-state index contributed by atoms with van der Waals surface area (Å²) >= 11 is 0. The largest absolute Gasteiger partial charge is 0.484 e. The zero-order chi connectivity index (χ0) is 15.8. The van der Waals surface area contributed by atoms with Crippen LogP contribution < -0.4 is 4.74 Å². The van der Waals surface area contributed by atoms with Crippen LogP contribution >= 0.6 is 0 Å². The first-order valence-electron chi connectivity index (χ1n) is 7.01. The molecule has 116 valence electrons. The number of amides is 1. The molecule has 1 unspecified atom stereocenters. The molecule has 0 N–H and O–H groups in total. The number of ether oxygens (including phenoxy) is 2. The number of carbonyl (C=O) groups is 2. The number of esters is 1. The highest BCUT2D eigenvalue weighted by Gasteiger charge is 2.18. The molecule has 5 heteroatoms. The molecule has 0 saturated carbocycles. The normalized spacial score (nSPS) is 11.6. The van der Waals surface area contributed by atoms with Crippen LogP contribution in [-0.4, -0.2) is 44.1 Å². The van der Waals surface area contributed by atoms with Gasteiger partial charge in [0.2, 0.25) is 0 Å². The van der Waals surface area contributed by atoms with Gasteiger partial charge in [-0.25, -0.2) is 0 Å². The molecule has 0 aliphatic carbocycles. The first-order valence-corrected chi connectivity index (χ1v) is 7.01. The Labute approximate surface area is 125 Å². The Morgan fingerprint density at radius 3 is 2.67 bits per heavy atom. The minimum absolute atomic E-state index is 0.0441. The number of hydrogen-bond acceptors (Lipinski definition) is 4. The summed E-state index contributed by atoms with van der Waals surface area (Å²) < 4.78 is 10.1. The number of aryl methyl sites for hydroxylation is 1. The van der Waals surface area contributed by atoms with Crippen LogP contribution in [0.4, 0.5) is 0 Å². The third-order valence-corrected chi connectivity index (χ3v) is 3.25. The van der Waals surface area contributed by atoms with Crippen LogP contribution in [-0.2, 0) is 20.7 Å². The number of benzene rings is 1. The minimum Gasteiger partial charge on any atom is -0.484 e. The Morgan fingerprint density at radius 1 is 1.33 bits per heavy atom. The average Bonchev–Trinajstić information content (AvgIpc) is 2.51. The van der Waals surface area contributed by atoms with E-state index in [0.717, 1.165) is 12.0 Å². The van der Waals surface area contributed by atoms with E-state index in [0.29, 0.717) is 12.3 Å². The Kier molecular flexibility index (Phi) is 6.72. The summed E-state index contributed by atoms with van der Waals surface area (Å²) in [4.78, 5) is 24.8. The van der Waals surface area contributed by atoms with Crippen LogP contribution in [0.5, 0.6) is 5.75 Å². The van der Waals surface area contributed by atoms with E-state index in [-0.39, 0.29) is 24.4 Å². The molecule has 0 spiro atoms. The predicted octanol–water partition coefficient (Wildman–Crippen LogP) is 1.90. The van der Waals surface area contributed by atoms with Crippen molar-refractivity contribution in [2.24, 2.45) is 5.92 Å². The van der Waals surface area contributed by atoms with E-state index in [1.807, 2.05) is 24.3 Å². The second-order valence-corrected chi connectivity index (χ2v) is 4.99. The molecule has 1 rings (SSSR count). The Hall–Kier alpha value is -2.04. The topological polar surface area (TPSA) is 55.8 Å². The lowest BCUT2D eigenvalue weighted by atomic mass is 10.1. The second-order valence-electron chi connectivity index (χ2n) is 4.99. The van der Waals surface area contributed by atoms with Gasteiger partial charge in [-0.1, -0.05) is 26.0 Å². The van der Waals surface area contributed by atoms with Crippen molar-refractivity contribution in [1.82, 2.24) is 4.90 Å². The summed E-state index contributed by atoms with van der Waals surface area (Å²) in [6.07, 6.45) is 0.918. The van der Waals surface area contributed by atoms with E-state index in [1.165, 1.54) is 12.0 Å². The van der Waals surface area contributed by atoms with Gasteiger partial charge in [-0.15, -0.1) is 0 Å². The fraction of sp³-hybridized carbons (Fsp3) is 0.500. The fourth-order valence-corrected chi connectivity index (χ4v) is 1.90. The smallest absolute Gasteiger partial charge is 0.310 e. The highest BCUT2D eigenvalue weighted by Crippen LogP contribution is 2.13. The molecule has 0 aromatic heterocycles. The molecule has 0 fully saturated rings. The van der Waals surface area contributed by atoms with Crippen LogP contribution in [0.2, 0.25) is 0 Å². The molecule has 0 aliphatic heterocycles. The van der Waals surface area contributed by atoms with Gasteiger partial charge < -0.3 is 14.4 Å². The van der Waals surface area contributed by atoms with Gasteiger partial charge in [0.25, 0.3) is 5.91 Å². The maximum absolute atomic E-state index is 12.0. The second kappa shape index (κ2) is 8.29. The monoisotopic (exact) mass is 293 g/mol. The molecule has 1 aromatic rings. The first kappa shape index (κ1) is 17.0. The van der Waals surface area contributed by atoms with Crippen molar-refractivity contribution in [1.29, 1.82) is 0 Å². The number of carbonyl (C=O) groups excluding carboxylic acids is 2. The van der Waals surface area contributed by atoms with Crippen LogP contribution in [0.25, 0.3) is 0 Å². The summed E-state index contributed by atoms with van der Waals surface area (Å²) in [7, 11) is 2.98. The highest BCUT2D eigenvalue weighted by molar-refractivity contribution is 5.78. The van der Waals surface area contributed by atoms with Crippen molar-refractivity contribution in [3.05, 3.63) is 29.8 Å². The molecule has 21 heavy (non-hydrogen) atoms. The van der Waals surface area contributed by atoms with E-state index in [1.54, 1.807) is 14.0 Å². The lowest BCUT2D eigenvalue weighted by Crippen LogP contribution is -2.37. The van der Waals surface area contributed by atoms with Crippen LogP contribution in [0.1, 0.15) is 19.4 Å². The Morgan fingerprint density at radius 2 is 2.05 bits per heavy atom. The molecule has 1 aromatic carbocycles. The summed E-state index contributed by atoms with van der Waals surface area (Å²) in [5.41, 5.74) is 1.16. The standard InChI is InChI=1S/C16H23NO4/c1-5-13-7-6-8-14(9-13)21-11-15(18)17(3)10-12(2)16(19)20-4/h6-9,12H,5,10-11H2,1-4H3. The molecule has 1 atom stereocenters. The molecule has 0 saturated heterocycles. The molecule has 0 heterocycles. The number of methoxy groups -OCH3 is 1. The van der Waals surface area contributed by atoms with Crippen LogP contribution in [0, 0.1) is 5.92 Å². The summed E-state index contributed by atoms with van der Waals surface area (Å²) in [5.74, 6) is -0.177. The molecule has 0 bridgehead atoms. The number of likely N-dealkylation sites (N-methyl/N-ethyl adjacent to an activating group) is 1. The molecule has 1 amide bonds. The average molecular weight is 293 g/mol. The Bertz CT molecular complexity index is 487. The molecule has 0 radical (unpaired) electrons. The van der Waals surface area contributed by atoms with Crippen molar-refractivity contribution in [2.45, 2.75) is 20.3 Å². The van der Waals surface area contributed by atoms with E-state index in [9.17, 15) is 9.59 Å². The summed E-state index contributed by atoms with van der Waals surface area (Å²) in [5, 5.41) is 0. The van der Waals surface area contributed by atoms with E-state index >= 15 is 0 Å². The highest BCUT2D eigenvalue weighted by atomic mass is 16.5. The maximum Gasteiger partial charge on any atom is 0.310 e. The van der Waals surface area contributed by atoms with Crippen LogP contribution in [0.3, 0.4) is 0 Å². The van der Waals surface area contributed by atoms with Gasteiger partial charge >= 0.3 is 5.97 Å². The van der Waals surface area contributed by atoms with Gasteiger partial charge in [0, 0.05) is 13.6 Å². The fourth-order valence-electron chi connectivity index (χ4n) is 1.90. The van der Waals surface area contributed by atoms with Crippen molar-refractivity contribution in [3.63, 3.8) is 0 Å². The van der Waals surface area contributed by atoms with Gasteiger partial charge in [-0.3, -0.25) is 9.59 Å². The summed E-state index contributed by atoms with van der Waals surface area (Å²) in [6, 6.07) is 7.66. The number of rotatable bonds is 7. The third kappa shape index (κ3) is 5.45. The van der Waals surface area contributed by atoms with E-state index in [4.69, 9.17) is 4.74 Å². The lowest BCUT2D eigenvalue weighted by molar-refractivity contribution is -0.146. The molecular weight excluding hydrogens is 270 g/mol. The van der Waals surface area contributed by atoms with Gasteiger partial charge in [0.1, 0.15) is 5.75 Å². The van der Waals surface area contributed by atoms with Gasteiger partial charge in [-0.05, 0) is 24.1 Å².